The molecule has 2 aliphatic rings. The second-order valence-electron chi connectivity index (χ2n) is 11.9. The molecule has 0 radical (unpaired) electrons. The average molecular weight is 854 g/mol. The quantitative estimate of drug-likeness (QED) is 0.187. The third-order valence-electron chi connectivity index (χ3n) is 8.80. The number of benzene rings is 4. The van der Waals surface area contributed by atoms with Crippen LogP contribution in [-0.4, -0.2) is 5.49 Å². The van der Waals surface area contributed by atoms with Gasteiger partial charge in [-0.3, -0.25) is 0 Å². The van der Waals surface area contributed by atoms with Gasteiger partial charge in [0.1, 0.15) is 0 Å². The van der Waals surface area contributed by atoms with Gasteiger partial charge in [-0.2, -0.15) is 0 Å². The molecule has 0 N–H and O–H groups in total. The molecule has 0 saturated carbocycles. The van der Waals surface area contributed by atoms with E-state index >= 15 is 0 Å². The monoisotopic (exact) mass is 854 g/mol. The van der Waals surface area contributed by atoms with Crippen LogP contribution in [0, 0.1) is 0 Å². The summed E-state index contributed by atoms with van der Waals surface area (Å²) in [5.74, 6) is 0. The summed E-state index contributed by atoms with van der Waals surface area (Å²) in [6, 6.07) is 23.3. The first kappa shape index (κ1) is 36.4. The number of hydrogen-bond donors (Lipinski definition) is 0. The Labute approximate surface area is 285 Å². The molecule has 0 aromatic heterocycles. The number of fused-ring (bicyclic) bond motifs is 2. The van der Waals surface area contributed by atoms with Crippen molar-refractivity contribution in [1.82, 2.24) is 0 Å². The molecular formula is C36H30Cl2F6HfSi. The zero-order chi connectivity index (χ0) is 31.6. The van der Waals surface area contributed by atoms with Gasteiger partial charge in [0, 0.05) is 0 Å². The van der Waals surface area contributed by atoms with Gasteiger partial charge < -0.3 is 24.8 Å². The van der Waals surface area contributed by atoms with E-state index in [1.807, 2.05) is 24.3 Å². The second-order valence-corrected chi connectivity index (χ2v) is 36.8. The molecule has 2 aliphatic carbocycles. The topological polar surface area (TPSA) is 0 Å². The fourth-order valence-corrected chi connectivity index (χ4v) is 36.3. The van der Waals surface area contributed by atoms with E-state index in [0.717, 1.165) is 57.6 Å². The zero-order valence-corrected chi connectivity index (χ0v) is 31.5. The molecule has 0 nitrogen and oxygen atoms in total. The molecule has 2 unspecified atom stereocenters. The first-order chi connectivity index (χ1) is 20.8. The summed E-state index contributed by atoms with van der Waals surface area (Å²) in [5.41, 5.74) is 8.88. The summed E-state index contributed by atoms with van der Waals surface area (Å²) in [7, 11) is 0. The molecule has 0 aliphatic heterocycles. The molecule has 0 amide bonds. The molecule has 0 fully saturated rings. The van der Waals surface area contributed by atoms with E-state index in [1.54, 1.807) is 24.3 Å². The molecule has 238 valence electrons. The molecule has 2 atom stereocenters. The summed E-state index contributed by atoms with van der Waals surface area (Å²) in [4.78, 5) is 0. The van der Waals surface area contributed by atoms with Crippen LogP contribution in [0.1, 0.15) is 54.6 Å². The van der Waals surface area contributed by atoms with Crippen LogP contribution >= 0.6 is 0 Å². The Morgan fingerprint density at radius 3 is 1.20 bits per heavy atom. The van der Waals surface area contributed by atoms with Gasteiger partial charge in [0.05, 0.1) is 0 Å². The molecule has 10 heteroatoms. The Bertz CT molecular complexity index is 1740. The van der Waals surface area contributed by atoms with Gasteiger partial charge in [0.15, 0.2) is 0 Å². The number of alkyl halides is 6. The van der Waals surface area contributed by atoms with E-state index in [-0.39, 0.29) is 24.8 Å². The van der Waals surface area contributed by atoms with Crippen molar-refractivity contribution in [1.29, 1.82) is 0 Å². The van der Waals surface area contributed by atoms with Gasteiger partial charge in [0.25, 0.3) is 0 Å². The smallest absolute Gasteiger partial charge is 1.00 e. The fraction of sp³-hybridized carbons (Fsp3) is 0.222. The molecule has 0 heterocycles. The Kier molecular flexibility index (Phi) is 10.8. The molecule has 46 heavy (non-hydrogen) atoms. The van der Waals surface area contributed by atoms with E-state index in [4.69, 9.17) is 0 Å². The van der Waals surface area contributed by atoms with Gasteiger partial charge in [-0.15, -0.1) is 0 Å². The molecule has 0 saturated heterocycles. The van der Waals surface area contributed by atoms with Crippen LogP contribution in [0.15, 0.2) is 96.1 Å². The van der Waals surface area contributed by atoms with Crippen molar-refractivity contribution >= 4 is 17.6 Å². The minimum Gasteiger partial charge on any atom is -1.00 e. The minimum atomic E-state index is -4.38. The minimum absolute atomic E-state index is 0. The summed E-state index contributed by atoms with van der Waals surface area (Å²) in [6.07, 6.45) is -4.26. The van der Waals surface area contributed by atoms with Gasteiger partial charge in [-0.1, -0.05) is 0 Å². The molecule has 4 aromatic carbocycles. The van der Waals surface area contributed by atoms with Crippen molar-refractivity contribution < 1.29 is 71.2 Å². The first-order valence-corrected chi connectivity index (χ1v) is 26.4. The summed E-state index contributed by atoms with van der Waals surface area (Å²) in [5, 5.41) is 0. The Morgan fingerprint density at radius 2 is 0.891 bits per heavy atom. The first-order valence-electron chi connectivity index (χ1n) is 14.4. The second kappa shape index (κ2) is 13.6. The maximum absolute atomic E-state index is 13.2. The maximum Gasteiger partial charge on any atom is -1.00 e. The summed E-state index contributed by atoms with van der Waals surface area (Å²) >= 11 is -2.64. The normalized spacial score (nSPS) is 16.6. The van der Waals surface area contributed by atoms with Crippen LogP contribution in [0.4, 0.5) is 26.3 Å². The molecular weight excluding hydrogens is 824 g/mol. The summed E-state index contributed by atoms with van der Waals surface area (Å²) < 4.78 is 80.1. The van der Waals surface area contributed by atoms with Crippen molar-refractivity contribution in [2.45, 2.75) is 46.6 Å². The third-order valence-corrected chi connectivity index (χ3v) is 37.1. The van der Waals surface area contributed by atoms with E-state index in [0.29, 0.717) is 7.35 Å². The van der Waals surface area contributed by atoms with Crippen LogP contribution in [-0.2, 0) is 32.4 Å². The van der Waals surface area contributed by atoms with E-state index in [2.05, 4.69) is 51.2 Å². The van der Waals surface area contributed by atoms with Gasteiger partial charge >= 0.3 is 262 Å². The van der Waals surface area contributed by atoms with E-state index in [1.165, 1.54) is 22.3 Å². The molecule has 6 rings (SSSR count). The zero-order valence-electron chi connectivity index (χ0n) is 25.4. The van der Waals surface area contributed by atoms with Gasteiger partial charge in [0.2, 0.25) is 0 Å². The number of rotatable bonds is 4. The Balaban J connectivity index is 0.00000240. The molecule has 0 spiro atoms. The van der Waals surface area contributed by atoms with Crippen LogP contribution in [0.5, 0.6) is 0 Å². The van der Waals surface area contributed by atoms with Crippen LogP contribution in [0.3, 0.4) is 0 Å². The van der Waals surface area contributed by atoms with E-state index in [9.17, 15) is 26.3 Å². The van der Waals surface area contributed by atoms with E-state index < -0.39 is 49.0 Å². The van der Waals surface area contributed by atoms with Crippen LogP contribution in [0.2, 0.25) is 13.1 Å². The van der Waals surface area contributed by atoms with Crippen LogP contribution < -0.4 is 24.8 Å². The summed E-state index contributed by atoms with van der Waals surface area (Å²) in [6.45, 7) is 9.24. The number of allylic oxidation sites excluding steroid dienone is 2. The number of hydrogen-bond acceptors (Lipinski definition) is 0. The van der Waals surface area contributed by atoms with Crippen molar-refractivity contribution in [2.75, 3.05) is 0 Å². The van der Waals surface area contributed by atoms with Gasteiger partial charge in [-0.25, -0.2) is 0 Å². The fourth-order valence-electron chi connectivity index (χ4n) is 6.85. The van der Waals surface area contributed by atoms with Crippen molar-refractivity contribution in [3.05, 3.63) is 129 Å². The number of halogens is 8. The van der Waals surface area contributed by atoms with Crippen LogP contribution in [0.25, 0.3) is 34.4 Å². The standard InChI is InChI=1S/2C17H12F3.C2H6Si.2ClH.Hf/c2*1-11-9-13-3-2-4-15(16(13)10-11)12-5-7-14(8-6-12)17(18,19)20;1-3-2;;;/h2*2-10H,1H3;1-2H3;2*1H;/q;;;;;+2/p-2. The van der Waals surface area contributed by atoms with Crippen molar-refractivity contribution in [3.8, 4) is 22.3 Å². The third kappa shape index (κ3) is 6.65. The molecule has 0 bridgehead atoms. The van der Waals surface area contributed by atoms with Gasteiger partial charge in [-0.05, 0) is 0 Å². The SMILES string of the molecule is CC1=Cc2c(-c3ccc(C(F)(F)F)cc3)cccc2[CH]1[Hf+2]([CH]1C(C)=Cc2c(-c3ccc(C(F)(F)F)cc3)cccc21)=[Si](C)C.[Cl-].[Cl-]. The Hall–Kier alpha value is -2.39. The average Bonchev–Trinajstić information content (AvgIpc) is 3.48. The largest absolute Gasteiger partial charge is 1.00 e. The maximum atomic E-state index is 13.2. The molecule has 4 aromatic rings. The Morgan fingerprint density at radius 1 is 0.543 bits per heavy atom. The van der Waals surface area contributed by atoms with Crippen molar-refractivity contribution in [2.24, 2.45) is 0 Å². The predicted molar refractivity (Wildman–Crippen MR) is 164 cm³/mol. The van der Waals surface area contributed by atoms with Crippen molar-refractivity contribution in [3.63, 3.8) is 0 Å². The predicted octanol–water partition coefficient (Wildman–Crippen LogP) is 5.55.